The number of rotatable bonds is 4. The van der Waals surface area contributed by atoms with Gasteiger partial charge in [-0.2, -0.15) is 0 Å². The van der Waals surface area contributed by atoms with Gasteiger partial charge in [0.15, 0.2) is 5.82 Å². The predicted molar refractivity (Wildman–Crippen MR) is 70.1 cm³/mol. The van der Waals surface area contributed by atoms with Gasteiger partial charge in [0.1, 0.15) is 11.5 Å². The van der Waals surface area contributed by atoms with Crippen LogP contribution in [0.15, 0.2) is 35.0 Å². The number of hydrogen-bond donors (Lipinski definition) is 2. The highest BCUT2D eigenvalue weighted by atomic mass is 16.5. The summed E-state index contributed by atoms with van der Waals surface area (Å²) < 4.78 is 4.82. The zero-order valence-electron chi connectivity index (χ0n) is 10.5. The summed E-state index contributed by atoms with van der Waals surface area (Å²) in [6.07, 6.45) is 3.79. The lowest BCUT2D eigenvalue weighted by molar-refractivity contribution is -0.131. The second-order valence-corrected chi connectivity index (χ2v) is 3.93. The standard InChI is InChI=1S/C13H11N3O4/c1-8-6-11(16-20-8)15-13(19)10-4-2-9(7-14-10)3-5-12(17)18/h2-7H,1H3,(H,17,18)(H,15,16,19). The molecule has 7 heteroatoms. The van der Waals surface area contributed by atoms with E-state index in [1.807, 2.05) is 0 Å². The Morgan fingerprint density at radius 2 is 2.20 bits per heavy atom. The van der Waals surface area contributed by atoms with E-state index in [1.165, 1.54) is 18.3 Å². The molecule has 0 aromatic carbocycles. The molecule has 7 nitrogen and oxygen atoms in total. The molecule has 0 bridgehead atoms. The third-order valence-electron chi connectivity index (χ3n) is 2.31. The number of nitrogens with zero attached hydrogens (tertiary/aromatic N) is 2. The van der Waals surface area contributed by atoms with E-state index in [9.17, 15) is 9.59 Å². The van der Waals surface area contributed by atoms with Crippen LogP contribution >= 0.6 is 0 Å². The first kappa shape index (κ1) is 13.5. The summed E-state index contributed by atoms with van der Waals surface area (Å²) in [5.74, 6) is -0.577. The average Bonchev–Trinajstić information content (AvgIpc) is 2.82. The zero-order valence-corrected chi connectivity index (χ0v) is 10.5. The van der Waals surface area contributed by atoms with E-state index in [-0.39, 0.29) is 5.69 Å². The highest BCUT2D eigenvalue weighted by molar-refractivity contribution is 6.02. The van der Waals surface area contributed by atoms with Gasteiger partial charge in [-0.25, -0.2) is 4.79 Å². The van der Waals surface area contributed by atoms with E-state index in [1.54, 1.807) is 19.1 Å². The summed E-state index contributed by atoms with van der Waals surface area (Å²) in [4.78, 5) is 26.1. The molecule has 2 aromatic rings. The summed E-state index contributed by atoms with van der Waals surface area (Å²) in [5.41, 5.74) is 0.777. The molecule has 0 unspecified atom stereocenters. The van der Waals surface area contributed by atoms with E-state index in [0.717, 1.165) is 6.08 Å². The number of carbonyl (C=O) groups is 2. The van der Waals surface area contributed by atoms with Gasteiger partial charge < -0.3 is 14.9 Å². The molecule has 0 aliphatic heterocycles. The van der Waals surface area contributed by atoms with Crippen LogP contribution in [0, 0.1) is 6.92 Å². The molecule has 102 valence electrons. The quantitative estimate of drug-likeness (QED) is 0.822. The maximum absolute atomic E-state index is 11.8. The van der Waals surface area contributed by atoms with Crippen molar-refractivity contribution < 1.29 is 19.2 Å². The van der Waals surface area contributed by atoms with Crippen LogP contribution in [-0.2, 0) is 4.79 Å². The molecule has 0 spiro atoms. The monoisotopic (exact) mass is 273 g/mol. The fraction of sp³-hybridized carbons (Fsp3) is 0.0769. The number of carbonyl (C=O) groups excluding carboxylic acids is 1. The molecule has 0 saturated carbocycles. The molecule has 2 N–H and O–H groups in total. The first-order valence-electron chi connectivity index (χ1n) is 5.66. The van der Waals surface area contributed by atoms with Gasteiger partial charge in [0.05, 0.1) is 0 Å². The number of carboxylic acid groups (broad SMARTS) is 1. The minimum atomic E-state index is -1.05. The molecule has 0 saturated heterocycles. The van der Waals surface area contributed by atoms with Crippen molar-refractivity contribution in [2.24, 2.45) is 0 Å². The molecular weight excluding hydrogens is 262 g/mol. The lowest BCUT2D eigenvalue weighted by Crippen LogP contribution is -2.13. The Bertz CT molecular complexity index is 659. The Morgan fingerprint density at radius 3 is 2.75 bits per heavy atom. The fourth-order valence-corrected chi connectivity index (χ4v) is 1.41. The Morgan fingerprint density at radius 1 is 1.40 bits per heavy atom. The minimum Gasteiger partial charge on any atom is -0.478 e. The van der Waals surface area contributed by atoms with E-state index in [2.05, 4.69) is 15.5 Å². The average molecular weight is 273 g/mol. The van der Waals surface area contributed by atoms with Gasteiger partial charge in [0, 0.05) is 18.3 Å². The molecule has 2 aromatic heterocycles. The number of aryl methyl sites for hydroxylation is 1. The SMILES string of the molecule is Cc1cc(NC(=O)c2ccc(C=CC(=O)O)cn2)no1. The number of nitrogens with one attached hydrogen (secondary N) is 1. The van der Waals surface area contributed by atoms with Gasteiger partial charge in [-0.05, 0) is 24.6 Å². The van der Waals surface area contributed by atoms with Crippen molar-refractivity contribution in [3.05, 3.63) is 47.5 Å². The highest BCUT2D eigenvalue weighted by Crippen LogP contribution is 2.09. The molecule has 0 fully saturated rings. The van der Waals surface area contributed by atoms with Gasteiger partial charge in [-0.1, -0.05) is 11.2 Å². The number of amides is 1. The van der Waals surface area contributed by atoms with Gasteiger partial charge >= 0.3 is 5.97 Å². The number of aromatic nitrogens is 2. The zero-order chi connectivity index (χ0) is 14.5. The molecule has 0 aliphatic carbocycles. The van der Waals surface area contributed by atoms with Crippen LogP contribution in [0.4, 0.5) is 5.82 Å². The van der Waals surface area contributed by atoms with Crippen molar-refractivity contribution in [3.63, 3.8) is 0 Å². The Labute approximate surface area is 113 Å². The van der Waals surface area contributed by atoms with Crippen LogP contribution in [0.5, 0.6) is 0 Å². The normalized spacial score (nSPS) is 10.7. The van der Waals surface area contributed by atoms with Crippen molar-refractivity contribution in [2.45, 2.75) is 6.92 Å². The van der Waals surface area contributed by atoms with E-state index in [0.29, 0.717) is 17.1 Å². The third kappa shape index (κ3) is 3.52. The van der Waals surface area contributed by atoms with Crippen molar-refractivity contribution in [1.82, 2.24) is 10.1 Å². The first-order chi connectivity index (χ1) is 9.54. The summed E-state index contributed by atoms with van der Waals surface area (Å²) in [5, 5.41) is 14.7. The number of hydrogen-bond acceptors (Lipinski definition) is 5. The first-order valence-corrected chi connectivity index (χ1v) is 5.66. The topological polar surface area (TPSA) is 105 Å². The van der Waals surface area contributed by atoms with E-state index < -0.39 is 11.9 Å². The molecule has 0 radical (unpaired) electrons. The molecule has 0 atom stereocenters. The van der Waals surface area contributed by atoms with Gasteiger partial charge in [0.2, 0.25) is 0 Å². The van der Waals surface area contributed by atoms with Gasteiger partial charge in [-0.15, -0.1) is 0 Å². The number of carboxylic acids is 1. The summed E-state index contributed by atoms with van der Waals surface area (Å²) in [6, 6.07) is 4.67. The molecule has 0 aliphatic rings. The van der Waals surface area contributed by atoms with Crippen molar-refractivity contribution in [1.29, 1.82) is 0 Å². The second-order valence-electron chi connectivity index (χ2n) is 3.93. The van der Waals surface area contributed by atoms with Gasteiger partial charge in [0.25, 0.3) is 5.91 Å². The summed E-state index contributed by atoms with van der Waals surface area (Å²) in [6.45, 7) is 1.71. The van der Waals surface area contributed by atoms with Crippen LogP contribution in [0.1, 0.15) is 21.8 Å². The Kier molecular flexibility index (Phi) is 3.90. The van der Waals surface area contributed by atoms with Gasteiger partial charge in [-0.3, -0.25) is 9.78 Å². The highest BCUT2D eigenvalue weighted by Gasteiger charge is 2.09. The van der Waals surface area contributed by atoms with Crippen LogP contribution in [0.2, 0.25) is 0 Å². The number of aliphatic carboxylic acids is 1. The van der Waals surface area contributed by atoms with Crippen molar-refractivity contribution >= 4 is 23.8 Å². The maximum atomic E-state index is 11.8. The molecule has 20 heavy (non-hydrogen) atoms. The van der Waals surface area contributed by atoms with Crippen LogP contribution in [0.25, 0.3) is 6.08 Å². The van der Waals surface area contributed by atoms with Crippen LogP contribution < -0.4 is 5.32 Å². The lowest BCUT2D eigenvalue weighted by atomic mass is 10.2. The fourth-order valence-electron chi connectivity index (χ4n) is 1.41. The predicted octanol–water partition coefficient (Wildman–Crippen LogP) is 1.73. The molecular formula is C13H11N3O4. The van der Waals surface area contributed by atoms with Crippen LogP contribution in [0.3, 0.4) is 0 Å². The van der Waals surface area contributed by atoms with Crippen LogP contribution in [-0.4, -0.2) is 27.1 Å². The smallest absolute Gasteiger partial charge is 0.328 e. The summed E-state index contributed by atoms with van der Waals surface area (Å²) in [7, 11) is 0. The van der Waals surface area contributed by atoms with E-state index in [4.69, 9.17) is 9.63 Å². The molecule has 2 rings (SSSR count). The lowest BCUT2D eigenvalue weighted by Gasteiger charge is -2.00. The largest absolute Gasteiger partial charge is 0.478 e. The Balaban J connectivity index is 2.05. The molecule has 1 amide bonds. The number of pyridine rings is 1. The van der Waals surface area contributed by atoms with Crippen molar-refractivity contribution in [2.75, 3.05) is 5.32 Å². The summed E-state index contributed by atoms with van der Waals surface area (Å²) >= 11 is 0. The number of anilines is 1. The minimum absolute atomic E-state index is 0.193. The maximum Gasteiger partial charge on any atom is 0.328 e. The molecule has 2 heterocycles. The Hall–Kier alpha value is -2.96. The van der Waals surface area contributed by atoms with Crippen molar-refractivity contribution in [3.8, 4) is 0 Å². The third-order valence-corrected chi connectivity index (χ3v) is 2.31. The van der Waals surface area contributed by atoms with E-state index >= 15 is 0 Å². The second kappa shape index (κ2) is 5.79.